The fourth-order valence-corrected chi connectivity index (χ4v) is 3.36. The molecule has 0 saturated heterocycles. The highest BCUT2D eigenvalue weighted by Crippen LogP contribution is 2.26. The maximum Gasteiger partial charge on any atom is 0.238 e. The van der Waals surface area contributed by atoms with Crippen molar-refractivity contribution in [2.45, 2.75) is 45.1 Å². The molecule has 0 radical (unpaired) electrons. The zero-order chi connectivity index (χ0) is 14.4. The maximum absolute atomic E-state index is 12.0. The predicted octanol–water partition coefficient (Wildman–Crippen LogP) is 3.95. The summed E-state index contributed by atoms with van der Waals surface area (Å²) in [6.07, 6.45) is 6.30. The molecule has 0 bridgehead atoms. The Balaban J connectivity index is 1.79. The number of carbonyl (C=O) groups is 1. The Hall–Kier alpha value is -0.870. The van der Waals surface area contributed by atoms with Gasteiger partial charge in [0, 0.05) is 16.2 Å². The van der Waals surface area contributed by atoms with Crippen molar-refractivity contribution in [1.29, 1.82) is 0 Å². The number of hydrogen-bond acceptors (Lipinski definition) is 2. The molecule has 4 heteroatoms. The van der Waals surface area contributed by atoms with Gasteiger partial charge in [0.1, 0.15) is 0 Å². The third-order valence-electron chi connectivity index (χ3n) is 4.07. The Morgan fingerprint density at radius 2 is 2.15 bits per heavy atom. The van der Waals surface area contributed by atoms with Crippen LogP contribution in [0.3, 0.4) is 0 Å². The molecule has 2 N–H and O–H groups in total. The van der Waals surface area contributed by atoms with Gasteiger partial charge in [-0.1, -0.05) is 48.2 Å². The van der Waals surface area contributed by atoms with E-state index in [4.69, 9.17) is 0 Å². The van der Waals surface area contributed by atoms with Crippen LogP contribution in [-0.4, -0.2) is 18.5 Å². The Kier molecular flexibility index (Phi) is 6.05. The van der Waals surface area contributed by atoms with Gasteiger partial charge in [0.2, 0.25) is 5.91 Å². The molecule has 0 aliphatic heterocycles. The van der Waals surface area contributed by atoms with E-state index in [-0.39, 0.29) is 5.91 Å². The molecular formula is C16H23BrN2O. The standard InChI is InChI=1S/C16H23BrN2O/c1-2-12-6-3-4-9-15(12)18-11-16(20)19-14-8-5-7-13(17)10-14/h5,7-8,10,12,15,18H,2-4,6,9,11H2,1H3,(H,19,20). The van der Waals surface area contributed by atoms with E-state index < -0.39 is 0 Å². The van der Waals surface area contributed by atoms with Crippen LogP contribution >= 0.6 is 15.9 Å². The summed E-state index contributed by atoms with van der Waals surface area (Å²) in [7, 11) is 0. The number of rotatable bonds is 5. The van der Waals surface area contributed by atoms with Crippen LogP contribution in [0, 0.1) is 5.92 Å². The summed E-state index contributed by atoms with van der Waals surface area (Å²) in [5.74, 6) is 0.756. The van der Waals surface area contributed by atoms with Crippen LogP contribution in [0.25, 0.3) is 0 Å². The minimum Gasteiger partial charge on any atom is -0.325 e. The predicted molar refractivity (Wildman–Crippen MR) is 86.8 cm³/mol. The van der Waals surface area contributed by atoms with Crippen molar-refractivity contribution in [3.05, 3.63) is 28.7 Å². The minimum atomic E-state index is 0.0310. The van der Waals surface area contributed by atoms with Crippen molar-refractivity contribution in [3.63, 3.8) is 0 Å². The first-order valence-corrected chi connectivity index (χ1v) is 8.27. The molecule has 0 heterocycles. The van der Waals surface area contributed by atoms with Crippen molar-refractivity contribution < 1.29 is 4.79 Å². The molecule has 3 nitrogen and oxygen atoms in total. The summed E-state index contributed by atoms with van der Waals surface area (Å²) in [4.78, 5) is 12.0. The Morgan fingerprint density at radius 1 is 1.35 bits per heavy atom. The third-order valence-corrected chi connectivity index (χ3v) is 4.56. The lowest BCUT2D eigenvalue weighted by Crippen LogP contribution is -2.42. The molecule has 2 rings (SSSR count). The molecule has 1 aromatic carbocycles. The van der Waals surface area contributed by atoms with Crippen LogP contribution in [0.5, 0.6) is 0 Å². The second-order valence-electron chi connectivity index (χ2n) is 5.50. The van der Waals surface area contributed by atoms with E-state index in [9.17, 15) is 4.79 Å². The first-order valence-electron chi connectivity index (χ1n) is 7.48. The number of hydrogen-bond donors (Lipinski definition) is 2. The summed E-state index contributed by atoms with van der Waals surface area (Å²) in [5, 5.41) is 6.36. The molecule has 1 aliphatic rings. The van der Waals surface area contributed by atoms with Gasteiger partial charge >= 0.3 is 0 Å². The van der Waals surface area contributed by atoms with Crippen LogP contribution in [0.1, 0.15) is 39.0 Å². The van der Waals surface area contributed by atoms with Gasteiger partial charge in [-0.15, -0.1) is 0 Å². The number of benzene rings is 1. The average Bonchev–Trinajstić information content (AvgIpc) is 2.45. The second-order valence-corrected chi connectivity index (χ2v) is 6.41. The van der Waals surface area contributed by atoms with Crippen molar-refractivity contribution in [2.75, 3.05) is 11.9 Å². The summed E-state index contributed by atoms with van der Waals surface area (Å²) in [5.41, 5.74) is 0.835. The molecule has 20 heavy (non-hydrogen) atoms. The first-order chi connectivity index (χ1) is 9.69. The van der Waals surface area contributed by atoms with Crippen molar-refractivity contribution >= 4 is 27.5 Å². The summed E-state index contributed by atoms with van der Waals surface area (Å²) in [6.45, 7) is 2.64. The van der Waals surface area contributed by atoms with Crippen molar-refractivity contribution in [1.82, 2.24) is 5.32 Å². The Labute approximate surface area is 129 Å². The van der Waals surface area contributed by atoms with E-state index in [1.54, 1.807) is 0 Å². The van der Waals surface area contributed by atoms with Gasteiger partial charge in [-0.25, -0.2) is 0 Å². The van der Waals surface area contributed by atoms with Gasteiger partial charge in [-0.3, -0.25) is 4.79 Å². The number of nitrogens with one attached hydrogen (secondary N) is 2. The van der Waals surface area contributed by atoms with E-state index >= 15 is 0 Å². The monoisotopic (exact) mass is 338 g/mol. The minimum absolute atomic E-state index is 0.0310. The maximum atomic E-state index is 12.0. The third kappa shape index (κ3) is 4.60. The summed E-state index contributed by atoms with van der Waals surface area (Å²) < 4.78 is 0.974. The normalized spacial score (nSPS) is 22.5. The Bertz CT molecular complexity index is 450. The zero-order valence-corrected chi connectivity index (χ0v) is 13.6. The lowest BCUT2D eigenvalue weighted by molar-refractivity contribution is -0.115. The van der Waals surface area contributed by atoms with Crippen LogP contribution < -0.4 is 10.6 Å². The molecule has 2 unspecified atom stereocenters. The molecule has 1 amide bonds. The molecule has 110 valence electrons. The van der Waals surface area contributed by atoms with Crippen LogP contribution in [-0.2, 0) is 4.79 Å². The van der Waals surface area contributed by atoms with Crippen LogP contribution in [0.2, 0.25) is 0 Å². The van der Waals surface area contributed by atoms with Gasteiger partial charge < -0.3 is 10.6 Å². The van der Waals surface area contributed by atoms with E-state index in [2.05, 4.69) is 33.5 Å². The van der Waals surface area contributed by atoms with Crippen LogP contribution in [0.4, 0.5) is 5.69 Å². The highest BCUT2D eigenvalue weighted by molar-refractivity contribution is 9.10. The molecule has 1 aromatic rings. The lowest BCUT2D eigenvalue weighted by atomic mass is 9.83. The number of halogens is 1. The SMILES string of the molecule is CCC1CCCCC1NCC(=O)Nc1cccc(Br)c1. The highest BCUT2D eigenvalue weighted by Gasteiger charge is 2.23. The molecule has 0 aromatic heterocycles. The van der Waals surface area contributed by atoms with Gasteiger partial charge in [0.15, 0.2) is 0 Å². The van der Waals surface area contributed by atoms with E-state index in [0.29, 0.717) is 12.6 Å². The van der Waals surface area contributed by atoms with Gasteiger partial charge in [-0.2, -0.15) is 0 Å². The van der Waals surface area contributed by atoms with Gasteiger partial charge in [-0.05, 0) is 37.0 Å². The van der Waals surface area contributed by atoms with E-state index in [1.807, 2.05) is 24.3 Å². The number of anilines is 1. The molecular weight excluding hydrogens is 316 g/mol. The largest absolute Gasteiger partial charge is 0.325 e. The zero-order valence-electron chi connectivity index (χ0n) is 12.0. The molecule has 1 saturated carbocycles. The van der Waals surface area contributed by atoms with E-state index in [0.717, 1.165) is 16.1 Å². The van der Waals surface area contributed by atoms with Gasteiger partial charge in [0.25, 0.3) is 0 Å². The van der Waals surface area contributed by atoms with E-state index in [1.165, 1.54) is 32.1 Å². The topological polar surface area (TPSA) is 41.1 Å². The van der Waals surface area contributed by atoms with Crippen molar-refractivity contribution in [3.8, 4) is 0 Å². The fraction of sp³-hybridized carbons (Fsp3) is 0.562. The fourth-order valence-electron chi connectivity index (χ4n) is 2.96. The lowest BCUT2D eigenvalue weighted by Gasteiger charge is -2.31. The number of carbonyl (C=O) groups excluding carboxylic acids is 1. The first kappa shape index (κ1) is 15.5. The number of amides is 1. The van der Waals surface area contributed by atoms with Gasteiger partial charge in [0.05, 0.1) is 6.54 Å². The molecule has 2 atom stereocenters. The van der Waals surface area contributed by atoms with Crippen molar-refractivity contribution in [2.24, 2.45) is 5.92 Å². The average molecular weight is 339 g/mol. The summed E-state index contributed by atoms with van der Waals surface area (Å²) >= 11 is 3.40. The summed E-state index contributed by atoms with van der Waals surface area (Å²) in [6, 6.07) is 8.18. The quantitative estimate of drug-likeness (QED) is 0.853. The molecule has 1 aliphatic carbocycles. The highest BCUT2D eigenvalue weighted by atomic mass is 79.9. The smallest absolute Gasteiger partial charge is 0.238 e. The molecule has 1 fully saturated rings. The van der Waals surface area contributed by atoms with Crippen LogP contribution in [0.15, 0.2) is 28.7 Å². The second kappa shape index (κ2) is 7.79. The Morgan fingerprint density at radius 3 is 2.90 bits per heavy atom. The molecule has 0 spiro atoms.